The minimum Gasteiger partial charge on any atom is -0.349 e. The molecule has 0 fully saturated rings. The molecule has 0 saturated carbocycles. The number of nitro groups is 1. The maximum absolute atomic E-state index is 11.8. The van der Waals surface area contributed by atoms with Gasteiger partial charge in [-0.1, -0.05) is 0 Å². The molecule has 9 nitrogen and oxygen atoms in total. The summed E-state index contributed by atoms with van der Waals surface area (Å²) in [7, 11) is 1.78. The van der Waals surface area contributed by atoms with Crippen LogP contribution >= 0.6 is 0 Å². The number of aromatic nitrogens is 4. The van der Waals surface area contributed by atoms with Crippen LogP contribution in [0.4, 0.5) is 5.69 Å². The normalized spacial score (nSPS) is 10.5. The lowest BCUT2D eigenvalue weighted by Gasteiger charge is -2.06. The lowest BCUT2D eigenvalue weighted by molar-refractivity contribution is -0.385. The van der Waals surface area contributed by atoms with Crippen LogP contribution in [0.5, 0.6) is 0 Å². The highest BCUT2D eigenvalue weighted by molar-refractivity contribution is 5.75. The summed E-state index contributed by atoms with van der Waals surface area (Å²) in [4.78, 5) is 21.9. The zero-order chi connectivity index (χ0) is 14.7. The molecule has 0 atom stereocenters. The second-order valence-electron chi connectivity index (χ2n) is 4.25. The van der Waals surface area contributed by atoms with Gasteiger partial charge in [0.25, 0.3) is 0 Å². The van der Waals surface area contributed by atoms with E-state index in [2.05, 4.69) is 15.5 Å². The molecule has 0 aliphatic carbocycles. The Bertz CT molecular complexity index is 644. The maximum Gasteiger partial charge on any atom is 0.309 e. The van der Waals surface area contributed by atoms with Gasteiger partial charge in [-0.25, -0.2) is 0 Å². The molecular formula is C11H14N6O3. The lowest BCUT2D eigenvalue weighted by atomic mass is 10.4. The first-order chi connectivity index (χ1) is 9.49. The first-order valence-electron chi connectivity index (χ1n) is 5.89. The van der Waals surface area contributed by atoms with E-state index in [9.17, 15) is 14.9 Å². The Morgan fingerprint density at radius 1 is 1.50 bits per heavy atom. The largest absolute Gasteiger partial charge is 0.349 e. The number of carbonyl (C=O) groups is 1. The van der Waals surface area contributed by atoms with E-state index >= 15 is 0 Å². The molecule has 0 aromatic carbocycles. The average molecular weight is 278 g/mol. The number of nitrogens with one attached hydrogen (secondary N) is 1. The van der Waals surface area contributed by atoms with Crippen molar-refractivity contribution in [3.05, 3.63) is 40.0 Å². The number of hydrogen-bond donors (Lipinski definition) is 1. The van der Waals surface area contributed by atoms with Crippen molar-refractivity contribution < 1.29 is 9.72 Å². The lowest BCUT2D eigenvalue weighted by Crippen LogP contribution is -2.28. The molecule has 1 N–H and O–H groups in total. The van der Waals surface area contributed by atoms with Crippen LogP contribution in [-0.4, -0.2) is 30.4 Å². The Hall–Kier alpha value is -2.71. The van der Waals surface area contributed by atoms with Gasteiger partial charge in [-0.3, -0.25) is 24.3 Å². The van der Waals surface area contributed by atoms with Gasteiger partial charge in [0.2, 0.25) is 5.91 Å². The first-order valence-corrected chi connectivity index (χ1v) is 5.89. The van der Waals surface area contributed by atoms with E-state index in [1.54, 1.807) is 30.9 Å². The quantitative estimate of drug-likeness (QED) is 0.618. The molecule has 0 bridgehead atoms. The third-order valence-electron chi connectivity index (χ3n) is 2.96. The number of amides is 1. The monoisotopic (exact) mass is 278 g/mol. The van der Waals surface area contributed by atoms with Gasteiger partial charge in [0.05, 0.1) is 17.2 Å². The summed E-state index contributed by atoms with van der Waals surface area (Å²) in [6, 6.07) is 1.80. The van der Waals surface area contributed by atoms with E-state index in [1.165, 1.54) is 4.68 Å². The van der Waals surface area contributed by atoms with Crippen molar-refractivity contribution in [2.24, 2.45) is 7.05 Å². The van der Waals surface area contributed by atoms with Gasteiger partial charge < -0.3 is 5.32 Å². The van der Waals surface area contributed by atoms with Crippen molar-refractivity contribution in [1.82, 2.24) is 24.9 Å². The first kappa shape index (κ1) is 13.7. The van der Waals surface area contributed by atoms with Crippen molar-refractivity contribution >= 4 is 11.6 Å². The summed E-state index contributed by atoms with van der Waals surface area (Å²) in [5.74, 6) is -0.271. The average Bonchev–Trinajstić information content (AvgIpc) is 2.94. The van der Waals surface area contributed by atoms with Crippen LogP contribution in [0.2, 0.25) is 0 Å². The van der Waals surface area contributed by atoms with Gasteiger partial charge in [-0.2, -0.15) is 10.2 Å². The Labute approximate surface area is 114 Å². The molecule has 0 aliphatic heterocycles. The highest BCUT2D eigenvalue weighted by Gasteiger charge is 2.17. The predicted molar refractivity (Wildman–Crippen MR) is 68.7 cm³/mol. The fourth-order valence-corrected chi connectivity index (χ4v) is 1.73. The van der Waals surface area contributed by atoms with Crippen molar-refractivity contribution in [1.29, 1.82) is 0 Å². The van der Waals surface area contributed by atoms with E-state index in [0.29, 0.717) is 12.2 Å². The van der Waals surface area contributed by atoms with Crippen LogP contribution in [0, 0.1) is 17.0 Å². The third-order valence-corrected chi connectivity index (χ3v) is 2.96. The number of rotatable bonds is 5. The van der Waals surface area contributed by atoms with E-state index in [4.69, 9.17) is 0 Å². The Balaban J connectivity index is 1.95. The molecule has 0 aliphatic rings. The van der Waals surface area contributed by atoms with Crippen molar-refractivity contribution in [2.75, 3.05) is 0 Å². The van der Waals surface area contributed by atoms with Crippen LogP contribution < -0.4 is 5.32 Å². The highest BCUT2D eigenvalue weighted by Crippen LogP contribution is 2.15. The molecule has 20 heavy (non-hydrogen) atoms. The van der Waals surface area contributed by atoms with Gasteiger partial charge in [-0.05, 0) is 13.0 Å². The SMILES string of the molecule is Cc1c([N+](=O)[O-])cnn1CC(=O)NCc1ccnn1C. The molecule has 0 radical (unpaired) electrons. The van der Waals surface area contributed by atoms with Gasteiger partial charge in [-0.15, -0.1) is 0 Å². The number of hydrogen-bond acceptors (Lipinski definition) is 5. The summed E-state index contributed by atoms with van der Waals surface area (Å²) in [5.41, 5.74) is 1.12. The maximum atomic E-state index is 11.8. The summed E-state index contributed by atoms with van der Waals surface area (Å²) in [6.07, 6.45) is 2.78. The summed E-state index contributed by atoms with van der Waals surface area (Å²) < 4.78 is 2.96. The molecule has 2 aromatic heterocycles. The van der Waals surface area contributed by atoms with Crippen LogP contribution in [0.1, 0.15) is 11.4 Å². The number of nitrogens with zero attached hydrogens (tertiary/aromatic N) is 5. The Morgan fingerprint density at radius 2 is 2.25 bits per heavy atom. The topological polar surface area (TPSA) is 108 Å². The number of aryl methyl sites for hydroxylation is 1. The van der Waals surface area contributed by atoms with Crippen LogP contribution in [0.25, 0.3) is 0 Å². The van der Waals surface area contributed by atoms with Crippen molar-refractivity contribution in [3.63, 3.8) is 0 Å². The van der Waals surface area contributed by atoms with Crippen LogP contribution in [0.3, 0.4) is 0 Å². The van der Waals surface area contributed by atoms with E-state index in [-0.39, 0.29) is 18.1 Å². The summed E-state index contributed by atoms with van der Waals surface area (Å²) >= 11 is 0. The summed E-state index contributed by atoms with van der Waals surface area (Å²) in [6.45, 7) is 1.84. The molecule has 0 saturated heterocycles. The fraction of sp³-hybridized carbons (Fsp3) is 0.364. The molecule has 106 valence electrons. The van der Waals surface area contributed by atoms with E-state index in [0.717, 1.165) is 11.9 Å². The second-order valence-corrected chi connectivity index (χ2v) is 4.25. The summed E-state index contributed by atoms with van der Waals surface area (Å²) in [5, 5.41) is 21.2. The van der Waals surface area contributed by atoms with Gasteiger partial charge in [0.15, 0.2) is 0 Å². The molecule has 2 aromatic rings. The van der Waals surface area contributed by atoms with Crippen molar-refractivity contribution in [3.8, 4) is 0 Å². The van der Waals surface area contributed by atoms with E-state index < -0.39 is 4.92 Å². The minimum atomic E-state index is -0.521. The highest BCUT2D eigenvalue weighted by atomic mass is 16.6. The van der Waals surface area contributed by atoms with Gasteiger partial charge >= 0.3 is 5.69 Å². The fourth-order valence-electron chi connectivity index (χ4n) is 1.73. The van der Waals surface area contributed by atoms with Gasteiger partial charge in [0.1, 0.15) is 18.4 Å². The molecule has 2 rings (SSSR count). The molecule has 1 amide bonds. The zero-order valence-corrected chi connectivity index (χ0v) is 11.1. The van der Waals surface area contributed by atoms with E-state index in [1.807, 2.05) is 0 Å². The second kappa shape index (κ2) is 5.51. The van der Waals surface area contributed by atoms with Gasteiger partial charge in [0, 0.05) is 13.2 Å². The minimum absolute atomic E-state index is 0.0580. The molecule has 0 spiro atoms. The predicted octanol–water partition coefficient (Wildman–Crippen LogP) is 0.150. The number of carbonyl (C=O) groups excluding carboxylic acids is 1. The van der Waals surface area contributed by atoms with Crippen LogP contribution in [0.15, 0.2) is 18.5 Å². The van der Waals surface area contributed by atoms with Crippen molar-refractivity contribution in [2.45, 2.75) is 20.0 Å². The standard InChI is InChI=1S/C11H14N6O3/c1-8-10(17(19)20)6-14-16(8)7-11(18)12-5-9-3-4-13-15(9)2/h3-4,6H,5,7H2,1-2H3,(H,12,18). The zero-order valence-electron chi connectivity index (χ0n) is 11.1. The molecule has 0 unspecified atom stereocenters. The van der Waals surface area contributed by atoms with Crippen LogP contribution in [-0.2, 0) is 24.9 Å². The Kier molecular flexibility index (Phi) is 3.78. The molecule has 2 heterocycles. The molecule has 9 heteroatoms. The molecular weight excluding hydrogens is 264 g/mol. The smallest absolute Gasteiger partial charge is 0.309 e. The third kappa shape index (κ3) is 2.82. The Morgan fingerprint density at radius 3 is 2.80 bits per heavy atom.